The zero-order valence-corrected chi connectivity index (χ0v) is 8.95. The molecule has 0 atom stereocenters. The van der Waals surface area contributed by atoms with Crippen molar-refractivity contribution in [2.45, 2.75) is 26.4 Å². The van der Waals surface area contributed by atoms with Crippen LogP contribution in [0.25, 0.3) is 0 Å². The first kappa shape index (κ1) is 10.9. The summed E-state index contributed by atoms with van der Waals surface area (Å²) in [5.74, 6) is 0. The third-order valence-corrected chi connectivity index (χ3v) is 1.89. The van der Waals surface area contributed by atoms with Gasteiger partial charge in [0.25, 0.3) is 0 Å². The maximum atomic E-state index is 11.5. The minimum Gasteiger partial charge on any atom is -0.444 e. The summed E-state index contributed by atoms with van der Waals surface area (Å²) < 4.78 is 6.14. The summed E-state index contributed by atoms with van der Waals surface area (Å²) >= 11 is 0. The van der Waals surface area contributed by atoms with Gasteiger partial charge in [-0.2, -0.15) is 0 Å². The number of ether oxygens (including phenoxy) is 1. The standard InChI is InChI=1S/C9H17N2O3/c1-9(2,3)14-8(12)10-4-6-11(13)7-5-10/h4-7H2,1-3H3/q+1. The molecule has 1 aliphatic rings. The Balaban J connectivity index is 2.42. The van der Waals surface area contributed by atoms with Gasteiger partial charge in [0.05, 0.1) is 13.1 Å². The van der Waals surface area contributed by atoms with Gasteiger partial charge in [-0.25, -0.2) is 4.79 Å². The van der Waals surface area contributed by atoms with Crippen molar-refractivity contribution in [3.05, 3.63) is 4.91 Å². The predicted molar refractivity (Wildman–Crippen MR) is 51.2 cm³/mol. The van der Waals surface area contributed by atoms with Crippen LogP contribution in [-0.4, -0.2) is 47.5 Å². The highest BCUT2D eigenvalue weighted by Crippen LogP contribution is 2.10. The van der Waals surface area contributed by atoms with Crippen molar-refractivity contribution in [2.75, 3.05) is 26.2 Å². The Labute approximate surface area is 83.6 Å². The van der Waals surface area contributed by atoms with Crippen molar-refractivity contribution in [2.24, 2.45) is 0 Å². The third kappa shape index (κ3) is 3.32. The van der Waals surface area contributed by atoms with Gasteiger partial charge in [-0.05, 0) is 20.8 Å². The first-order valence-corrected chi connectivity index (χ1v) is 4.78. The van der Waals surface area contributed by atoms with Crippen LogP contribution in [-0.2, 0) is 4.74 Å². The Morgan fingerprint density at radius 2 is 1.79 bits per heavy atom. The van der Waals surface area contributed by atoms with Crippen LogP contribution < -0.4 is 0 Å². The van der Waals surface area contributed by atoms with Crippen LogP contribution in [0.1, 0.15) is 20.8 Å². The minimum absolute atomic E-state index is 0.328. The second-order valence-electron chi connectivity index (χ2n) is 4.40. The number of carbonyl (C=O) groups is 1. The molecule has 1 amide bonds. The highest BCUT2D eigenvalue weighted by Gasteiger charge is 2.28. The van der Waals surface area contributed by atoms with Gasteiger partial charge in [-0.3, -0.25) is 4.90 Å². The number of hydrogen-bond acceptors (Lipinski definition) is 3. The summed E-state index contributed by atoms with van der Waals surface area (Å²) in [5, 5.41) is 0. The molecular weight excluding hydrogens is 184 g/mol. The fraction of sp³-hybridized carbons (Fsp3) is 0.889. The minimum atomic E-state index is -0.467. The van der Waals surface area contributed by atoms with Crippen LogP contribution in [0.4, 0.5) is 4.79 Å². The number of nitroso groups, excluding NO2 is 1. The molecule has 0 aromatic rings. The number of piperazine rings is 1. The molecule has 14 heavy (non-hydrogen) atoms. The highest BCUT2D eigenvalue weighted by molar-refractivity contribution is 5.68. The van der Waals surface area contributed by atoms with Crippen molar-refractivity contribution in [3.63, 3.8) is 0 Å². The average molecular weight is 201 g/mol. The van der Waals surface area contributed by atoms with E-state index in [0.717, 1.165) is 4.76 Å². The Hall–Kier alpha value is -1.13. The monoisotopic (exact) mass is 201 g/mol. The van der Waals surface area contributed by atoms with Crippen LogP contribution in [0.2, 0.25) is 0 Å². The van der Waals surface area contributed by atoms with Crippen molar-refractivity contribution in [1.29, 1.82) is 0 Å². The average Bonchev–Trinajstić information content (AvgIpc) is 2.02. The second kappa shape index (κ2) is 3.94. The fourth-order valence-corrected chi connectivity index (χ4v) is 1.20. The lowest BCUT2D eigenvalue weighted by Crippen LogP contribution is -2.46. The predicted octanol–water partition coefficient (Wildman–Crippen LogP) is 1.02. The quantitative estimate of drug-likeness (QED) is 0.550. The highest BCUT2D eigenvalue weighted by atomic mass is 16.6. The molecule has 0 radical (unpaired) electrons. The lowest BCUT2D eigenvalue weighted by molar-refractivity contribution is -0.558. The lowest BCUT2D eigenvalue weighted by atomic mass is 10.2. The summed E-state index contributed by atoms with van der Waals surface area (Å²) in [7, 11) is 0. The summed E-state index contributed by atoms with van der Waals surface area (Å²) in [5.41, 5.74) is -0.467. The zero-order valence-electron chi connectivity index (χ0n) is 8.95. The Morgan fingerprint density at radius 1 is 1.29 bits per heavy atom. The molecule has 0 aliphatic carbocycles. The van der Waals surface area contributed by atoms with E-state index in [4.69, 9.17) is 4.74 Å². The molecule has 0 aromatic heterocycles. The molecule has 5 heteroatoms. The Kier molecular flexibility index (Phi) is 3.08. The first-order valence-electron chi connectivity index (χ1n) is 4.78. The summed E-state index contributed by atoms with van der Waals surface area (Å²) in [6.45, 7) is 7.15. The van der Waals surface area contributed by atoms with Crippen molar-refractivity contribution >= 4 is 6.09 Å². The van der Waals surface area contributed by atoms with E-state index in [1.807, 2.05) is 20.8 Å². The van der Waals surface area contributed by atoms with E-state index in [0.29, 0.717) is 26.2 Å². The van der Waals surface area contributed by atoms with Gasteiger partial charge in [0.2, 0.25) is 13.1 Å². The van der Waals surface area contributed by atoms with E-state index in [2.05, 4.69) is 0 Å². The van der Waals surface area contributed by atoms with E-state index in [9.17, 15) is 9.70 Å². The molecule has 1 heterocycles. The topological polar surface area (TPSA) is 49.6 Å². The van der Waals surface area contributed by atoms with E-state index in [1.54, 1.807) is 4.90 Å². The maximum absolute atomic E-state index is 11.5. The molecule has 0 aromatic carbocycles. The van der Waals surface area contributed by atoms with E-state index in [1.165, 1.54) is 0 Å². The van der Waals surface area contributed by atoms with Gasteiger partial charge >= 0.3 is 6.09 Å². The SMILES string of the molecule is CC(C)(C)OC(=O)N1CC[N+](=O)CC1. The molecule has 1 rings (SSSR count). The number of hydrogen-bond donors (Lipinski definition) is 0. The normalized spacial score (nSPS) is 18.2. The summed E-state index contributed by atoms with van der Waals surface area (Å²) in [6, 6.07) is 0. The van der Waals surface area contributed by atoms with Crippen molar-refractivity contribution in [1.82, 2.24) is 4.90 Å². The van der Waals surface area contributed by atoms with Gasteiger partial charge in [-0.1, -0.05) is 0 Å². The molecule has 1 saturated heterocycles. The smallest absolute Gasteiger partial charge is 0.410 e. The largest absolute Gasteiger partial charge is 0.444 e. The molecular formula is C9H17N2O3+. The molecule has 0 N–H and O–H groups in total. The van der Waals surface area contributed by atoms with Gasteiger partial charge in [0.15, 0.2) is 0 Å². The molecule has 5 nitrogen and oxygen atoms in total. The maximum Gasteiger partial charge on any atom is 0.410 e. The van der Waals surface area contributed by atoms with Crippen LogP contribution >= 0.6 is 0 Å². The van der Waals surface area contributed by atoms with E-state index in [-0.39, 0.29) is 6.09 Å². The van der Waals surface area contributed by atoms with Crippen molar-refractivity contribution < 1.29 is 14.3 Å². The van der Waals surface area contributed by atoms with Gasteiger partial charge in [0, 0.05) is 9.67 Å². The van der Waals surface area contributed by atoms with Gasteiger partial charge in [-0.15, -0.1) is 0 Å². The fourth-order valence-electron chi connectivity index (χ4n) is 1.20. The second-order valence-corrected chi connectivity index (χ2v) is 4.40. The summed E-state index contributed by atoms with van der Waals surface area (Å²) in [4.78, 5) is 23.9. The van der Waals surface area contributed by atoms with Crippen LogP contribution in [0, 0.1) is 4.91 Å². The van der Waals surface area contributed by atoms with Crippen LogP contribution in [0.3, 0.4) is 0 Å². The van der Waals surface area contributed by atoms with E-state index >= 15 is 0 Å². The van der Waals surface area contributed by atoms with Gasteiger partial charge in [0.1, 0.15) is 5.60 Å². The Bertz CT molecular complexity index is 235. The number of rotatable bonds is 0. The molecule has 80 valence electrons. The molecule has 0 bridgehead atoms. The van der Waals surface area contributed by atoms with Gasteiger partial charge < -0.3 is 4.74 Å². The van der Waals surface area contributed by atoms with Crippen LogP contribution in [0.5, 0.6) is 0 Å². The lowest BCUT2D eigenvalue weighted by Gasteiger charge is -2.27. The number of amides is 1. The van der Waals surface area contributed by atoms with Crippen molar-refractivity contribution in [3.8, 4) is 0 Å². The zero-order chi connectivity index (χ0) is 10.8. The van der Waals surface area contributed by atoms with Crippen LogP contribution in [0.15, 0.2) is 0 Å². The third-order valence-electron chi connectivity index (χ3n) is 1.89. The number of nitrogens with zero attached hydrogens (tertiary/aromatic N) is 2. The molecule has 1 aliphatic heterocycles. The molecule has 1 fully saturated rings. The molecule has 0 spiro atoms. The molecule has 0 saturated carbocycles. The Morgan fingerprint density at radius 3 is 2.21 bits per heavy atom. The first-order chi connectivity index (χ1) is 6.38. The molecule has 0 unspecified atom stereocenters. The number of carbonyl (C=O) groups excluding carboxylic acids is 1. The summed E-state index contributed by atoms with van der Waals surface area (Å²) in [6.07, 6.45) is -0.328. The van der Waals surface area contributed by atoms with E-state index < -0.39 is 5.60 Å².